The molecular formula is C17H30N6O7. The largest absolute Gasteiger partial charge is 0.480 e. The maximum atomic E-state index is 12.3. The van der Waals surface area contributed by atoms with E-state index in [0.717, 1.165) is 0 Å². The van der Waals surface area contributed by atoms with E-state index in [1.807, 2.05) is 0 Å². The number of carboxylic acid groups (broad SMARTS) is 1. The van der Waals surface area contributed by atoms with Crippen molar-refractivity contribution in [3.05, 3.63) is 0 Å². The molecular weight excluding hydrogens is 400 g/mol. The second-order valence-electron chi connectivity index (χ2n) is 7.15. The molecule has 0 rings (SSSR count). The number of carbonyl (C=O) groups excluding carboxylic acids is 5. The summed E-state index contributed by atoms with van der Waals surface area (Å²) in [6.07, 6.45) is -0.678. The highest BCUT2D eigenvalue weighted by Gasteiger charge is 2.26. The number of amides is 5. The van der Waals surface area contributed by atoms with Crippen molar-refractivity contribution >= 4 is 35.5 Å². The zero-order chi connectivity index (χ0) is 23.4. The minimum atomic E-state index is -1.30. The van der Waals surface area contributed by atoms with Gasteiger partial charge in [-0.15, -0.1) is 0 Å². The van der Waals surface area contributed by atoms with E-state index in [2.05, 4.69) is 16.0 Å². The number of carboxylic acids is 1. The molecule has 0 radical (unpaired) electrons. The van der Waals surface area contributed by atoms with Gasteiger partial charge in [-0.25, -0.2) is 4.79 Å². The number of nitrogens with one attached hydrogen (secondary N) is 3. The van der Waals surface area contributed by atoms with E-state index in [4.69, 9.17) is 22.3 Å². The summed E-state index contributed by atoms with van der Waals surface area (Å²) >= 11 is 0. The molecule has 3 unspecified atom stereocenters. The number of nitrogens with two attached hydrogens (primary N) is 3. The average Bonchev–Trinajstić information content (AvgIpc) is 2.61. The van der Waals surface area contributed by atoms with E-state index in [1.165, 1.54) is 0 Å². The Morgan fingerprint density at radius 3 is 1.97 bits per heavy atom. The summed E-state index contributed by atoms with van der Waals surface area (Å²) in [6, 6.07) is -3.68. The first kappa shape index (κ1) is 26.8. The lowest BCUT2D eigenvalue weighted by molar-refractivity contribution is -0.142. The lowest BCUT2D eigenvalue weighted by Gasteiger charge is -2.20. The Balaban J connectivity index is 4.92. The van der Waals surface area contributed by atoms with Gasteiger partial charge in [-0.1, -0.05) is 13.8 Å². The van der Waals surface area contributed by atoms with Crippen LogP contribution in [-0.4, -0.2) is 65.3 Å². The summed E-state index contributed by atoms with van der Waals surface area (Å²) in [7, 11) is 0. The smallest absolute Gasteiger partial charge is 0.326 e. The summed E-state index contributed by atoms with van der Waals surface area (Å²) in [5.74, 6) is -5.16. The summed E-state index contributed by atoms with van der Waals surface area (Å²) in [5.41, 5.74) is 15.5. The maximum Gasteiger partial charge on any atom is 0.326 e. The van der Waals surface area contributed by atoms with Crippen molar-refractivity contribution in [2.75, 3.05) is 6.54 Å². The van der Waals surface area contributed by atoms with E-state index in [0.29, 0.717) is 0 Å². The molecule has 30 heavy (non-hydrogen) atoms. The SMILES string of the molecule is CC(C)CC(NC(=O)CNC(=O)C(CCC(N)=O)NC(=O)C(N)CC(N)=O)C(=O)O. The Labute approximate surface area is 173 Å². The molecule has 5 amide bonds. The van der Waals surface area contributed by atoms with Crippen LogP contribution in [0, 0.1) is 5.92 Å². The molecule has 0 fully saturated rings. The molecule has 0 aliphatic rings. The van der Waals surface area contributed by atoms with Crippen LogP contribution < -0.4 is 33.2 Å². The number of hydrogen-bond donors (Lipinski definition) is 7. The van der Waals surface area contributed by atoms with Crippen LogP contribution in [0.3, 0.4) is 0 Å². The molecule has 0 heterocycles. The van der Waals surface area contributed by atoms with Crippen molar-refractivity contribution in [2.24, 2.45) is 23.1 Å². The molecule has 0 spiro atoms. The summed E-state index contributed by atoms with van der Waals surface area (Å²) < 4.78 is 0. The zero-order valence-electron chi connectivity index (χ0n) is 17.0. The van der Waals surface area contributed by atoms with Crippen LogP contribution in [0.5, 0.6) is 0 Å². The molecule has 0 bridgehead atoms. The van der Waals surface area contributed by atoms with Crippen molar-refractivity contribution in [1.82, 2.24) is 16.0 Å². The predicted octanol–water partition coefficient (Wildman–Crippen LogP) is -3.33. The van der Waals surface area contributed by atoms with E-state index in [1.54, 1.807) is 13.8 Å². The van der Waals surface area contributed by atoms with Crippen LogP contribution in [0.2, 0.25) is 0 Å². The Kier molecular flexibility index (Phi) is 11.7. The minimum Gasteiger partial charge on any atom is -0.480 e. The predicted molar refractivity (Wildman–Crippen MR) is 104 cm³/mol. The number of hydrogen-bond acceptors (Lipinski definition) is 7. The van der Waals surface area contributed by atoms with Crippen molar-refractivity contribution in [2.45, 2.75) is 57.7 Å². The fourth-order valence-electron chi connectivity index (χ4n) is 2.37. The van der Waals surface area contributed by atoms with E-state index in [9.17, 15) is 28.8 Å². The molecule has 0 aromatic rings. The summed E-state index contributed by atoms with van der Waals surface area (Å²) in [6.45, 7) is 3.02. The van der Waals surface area contributed by atoms with Gasteiger partial charge in [-0.2, -0.15) is 0 Å². The molecule has 0 aromatic carbocycles. The molecule has 10 N–H and O–H groups in total. The monoisotopic (exact) mass is 430 g/mol. The van der Waals surface area contributed by atoms with Crippen LogP contribution in [0.15, 0.2) is 0 Å². The van der Waals surface area contributed by atoms with Crippen LogP contribution in [0.1, 0.15) is 39.5 Å². The molecule has 0 aromatic heterocycles. The Morgan fingerprint density at radius 2 is 1.50 bits per heavy atom. The van der Waals surface area contributed by atoms with Gasteiger partial charge in [0.15, 0.2) is 0 Å². The molecule has 0 saturated carbocycles. The van der Waals surface area contributed by atoms with Gasteiger partial charge >= 0.3 is 5.97 Å². The number of rotatable bonds is 14. The van der Waals surface area contributed by atoms with Gasteiger partial charge in [-0.3, -0.25) is 24.0 Å². The van der Waals surface area contributed by atoms with E-state index >= 15 is 0 Å². The molecule has 0 saturated heterocycles. The van der Waals surface area contributed by atoms with Crippen LogP contribution >= 0.6 is 0 Å². The fraction of sp³-hybridized carbons (Fsp3) is 0.647. The Morgan fingerprint density at radius 1 is 0.900 bits per heavy atom. The van der Waals surface area contributed by atoms with Gasteiger partial charge < -0.3 is 38.3 Å². The van der Waals surface area contributed by atoms with Gasteiger partial charge in [0.25, 0.3) is 0 Å². The third-order valence-electron chi connectivity index (χ3n) is 3.83. The first-order valence-electron chi connectivity index (χ1n) is 9.25. The lowest BCUT2D eigenvalue weighted by Crippen LogP contribution is -2.54. The minimum absolute atomic E-state index is 0.0130. The fourth-order valence-corrected chi connectivity index (χ4v) is 2.37. The highest BCUT2D eigenvalue weighted by atomic mass is 16.4. The molecule has 3 atom stereocenters. The standard InChI is InChI=1S/C17H30N6O7/c1-8(2)5-11(17(29)30)22-14(26)7-21-16(28)10(3-4-12(19)24)23-15(27)9(18)6-13(20)25/h8-11H,3-7,18H2,1-2H3,(H2,19,24)(H2,20,25)(H,21,28)(H,22,26)(H,23,27)(H,29,30). The van der Waals surface area contributed by atoms with Crippen LogP contribution in [0.25, 0.3) is 0 Å². The van der Waals surface area contributed by atoms with Crippen molar-refractivity contribution in [1.29, 1.82) is 0 Å². The van der Waals surface area contributed by atoms with Crippen LogP contribution in [0.4, 0.5) is 0 Å². The molecule has 13 heteroatoms. The summed E-state index contributed by atoms with van der Waals surface area (Å²) in [4.78, 5) is 69.4. The second kappa shape index (κ2) is 13.1. The van der Waals surface area contributed by atoms with E-state index in [-0.39, 0.29) is 25.2 Å². The quantitative estimate of drug-likeness (QED) is 0.147. The summed E-state index contributed by atoms with van der Waals surface area (Å²) in [5, 5.41) is 15.9. The van der Waals surface area contributed by atoms with Gasteiger partial charge in [0.2, 0.25) is 29.5 Å². The van der Waals surface area contributed by atoms with Crippen molar-refractivity contribution in [3.8, 4) is 0 Å². The molecule has 170 valence electrons. The lowest BCUT2D eigenvalue weighted by atomic mass is 10.0. The second-order valence-corrected chi connectivity index (χ2v) is 7.15. The van der Waals surface area contributed by atoms with Gasteiger partial charge in [0.05, 0.1) is 19.0 Å². The normalized spacial score (nSPS) is 13.6. The van der Waals surface area contributed by atoms with Gasteiger partial charge in [-0.05, 0) is 18.8 Å². The zero-order valence-corrected chi connectivity index (χ0v) is 17.0. The Hall–Kier alpha value is -3.22. The maximum absolute atomic E-state index is 12.3. The third kappa shape index (κ3) is 11.6. The van der Waals surface area contributed by atoms with Gasteiger partial charge in [0.1, 0.15) is 12.1 Å². The number of aliphatic carboxylic acids is 1. The van der Waals surface area contributed by atoms with E-state index < -0.39 is 66.6 Å². The van der Waals surface area contributed by atoms with Crippen molar-refractivity contribution in [3.63, 3.8) is 0 Å². The van der Waals surface area contributed by atoms with Crippen LogP contribution in [-0.2, 0) is 28.8 Å². The topological polar surface area (TPSA) is 237 Å². The van der Waals surface area contributed by atoms with Gasteiger partial charge in [0, 0.05) is 6.42 Å². The average molecular weight is 430 g/mol. The molecule has 0 aliphatic heterocycles. The number of carbonyl (C=O) groups is 6. The van der Waals surface area contributed by atoms with Crippen molar-refractivity contribution < 1.29 is 33.9 Å². The molecule has 13 nitrogen and oxygen atoms in total. The molecule has 0 aliphatic carbocycles. The highest BCUT2D eigenvalue weighted by molar-refractivity contribution is 5.94. The first-order chi connectivity index (χ1) is 13.8. The number of primary amides is 2. The third-order valence-corrected chi connectivity index (χ3v) is 3.83. The Bertz CT molecular complexity index is 667. The first-order valence-corrected chi connectivity index (χ1v) is 9.25. The highest BCUT2D eigenvalue weighted by Crippen LogP contribution is 2.05.